The van der Waals surface area contributed by atoms with Crippen molar-refractivity contribution in [1.29, 1.82) is 0 Å². The van der Waals surface area contributed by atoms with Crippen LogP contribution in [0.25, 0.3) is 22.5 Å². The predicted octanol–water partition coefficient (Wildman–Crippen LogP) is 3.17. The molecule has 1 fully saturated rings. The van der Waals surface area contributed by atoms with Crippen LogP contribution in [-0.2, 0) is 4.79 Å². The van der Waals surface area contributed by atoms with Crippen molar-refractivity contribution in [3.8, 4) is 22.5 Å². The second-order valence-electron chi connectivity index (χ2n) is 7.12. The third-order valence-corrected chi connectivity index (χ3v) is 5.69. The number of carbonyl (C=O) groups excluding carboxylic acids is 1. The normalized spacial score (nSPS) is 15.0. The maximum Gasteiger partial charge on any atom is 0.241 e. The van der Waals surface area contributed by atoms with E-state index in [2.05, 4.69) is 15.3 Å². The van der Waals surface area contributed by atoms with Gasteiger partial charge in [0.25, 0.3) is 0 Å². The molecule has 3 aromatic rings. The summed E-state index contributed by atoms with van der Waals surface area (Å²) in [5, 5.41) is 4.30. The fourth-order valence-electron chi connectivity index (χ4n) is 3.57. The van der Waals surface area contributed by atoms with E-state index in [9.17, 15) is 4.79 Å². The summed E-state index contributed by atoms with van der Waals surface area (Å²) in [6.07, 6.45) is 4.93. The van der Waals surface area contributed by atoms with Crippen molar-refractivity contribution in [3.63, 3.8) is 0 Å². The number of primary amides is 1. The number of pyridine rings is 1. The summed E-state index contributed by atoms with van der Waals surface area (Å²) in [5.74, 6) is 0.272. The van der Waals surface area contributed by atoms with E-state index in [1.165, 1.54) is 0 Å². The van der Waals surface area contributed by atoms with Crippen LogP contribution in [0, 0.1) is 0 Å². The van der Waals surface area contributed by atoms with Crippen LogP contribution in [0.1, 0.15) is 6.92 Å². The Morgan fingerprint density at radius 1 is 1.17 bits per heavy atom. The summed E-state index contributed by atoms with van der Waals surface area (Å²) < 4.78 is 0. The monoisotopic (exact) mass is 442 g/mol. The van der Waals surface area contributed by atoms with Crippen LogP contribution < -0.4 is 16.0 Å². The molecule has 3 heterocycles. The second-order valence-corrected chi connectivity index (χ2v) is 7.96. The number of nitrogens with one attached hydrogen (secondary N) is 1. The molecule has 0 bridgehead atoms. The van der Waals surface area contributed by atoms with Gasteiger partial charge in [-0.2, -0.15) is 0 Å². The molecule has 154 valence electrons. The highest BCUT2D eigenvalue weighted by Crippen LogP contribution is 2.36. The molecule has 0 spiro atoms. The van der Waals surface area contributed by atoms with Gasteiger partial charge in [-0.1, -0.05) is 42.3 Å². The van der Waals surface area contributed by atoms with E-state index in [1.807, 2.05) is 24.0 Å². The Morgan fingerprint density at radius 3 is 2.53 bits per heavy atom. The first-order chi connectivity index (χ1) is 14.4. The van der Waals surface area contributed by atoms with Crippen LogP contribution in [0.5, 0.6) is 0 Å². The Kier molecular flexibility index (Phi) is 5.60. The third kappa shape index (κ3) is 3.71. The number of halogens is 2. The van der Waals surface area contributed by atoms with Crippen LogP contribution in [0.2, 0.25) is 10.0 Å². The predicted molar refractivity (Wildman–Crippen MR) is 119 cm³/mol. The highest BCUT2D eigenvalue weighted by Gasteiger charge is 2.48. The highest BCUT2D eigenvalue weighted by molar-refractivity contribution is 6.33. The Bertz CT molecular complexity index is 1080. The zero-order chi connectivity index (χ0) is 21.3. The second kappa shape index (κ2) is 8.18. The average molecular weight is 443 g/mol. The van der Waals surface area contributed by atoms with Gasteiger partial charge in [0.2, 0.25) is 5.91 Å². The fourth-order valence-corrected chi connectivity index (χ4v) is 3.90. The molecule has 2 aromatic heterocycles. The van der Waals surface area contributed by atoms with Crippen LogP contribution in [-0.4, -0.2) is 46.0 Å². The molecular formula is C21H20Cl2N6O. The minimum atomic E-state index is -0.750. The van der Waals surface area contributed by atoms with Crippen LogP contribution >= 0.6 is 23.2 Å². The largest absolute Gasteiger partial charge is 0.368 e. The van der Waals surface area contributed by atoms with E-state index in [4.69, 9.17) is 33.9 Å². The third-order valence-electron chi connectivity index (χ3n) is 5.14. The molecule has 0 saturated carbocycles. The Morgan fingerprint density at radius 2 is 1.90 bits per heavy atom. The summed E-state index contributed by atoms with van der Waals surface area (Å²) >= 11 is 12.5. The van der Waals surface area contributed by atoms with E-state index in [0.717, 1.165) is 11.1 Å². The Labute approximate surface area is 184 Å². The molecule has 1 aliphatic heterocycles. The van der Waals surface area contributed by atoms with Gasteiger partial charge < -0.3 is 16.0 Å². The van der Waals surface area contributed by atoms with Gasteiger partial charge in [-0.25, -0.2) is 4.98 Å². The van der Waals surface area contributed by atoms with Gasteiger partial charge in [0.15, 0.2) is 0 Å². The van der Waals surface area contributed by atoms with Gasteiger partial charge in [0, 0.05) is 41.6 Å². The van der Waals surface area contributed by atoms with Crippen LogP contribution in [0.15, 0.2) is 48.9 Å². The minimum absolute atomic E-state index is 0.372. The van der Waals surface area contributed by atoms with Gasteiger partial charge in [-0.15, -0.1) is 0 Å². The Balaban J connectivity index is 1.75. The molecular weight excluding hydrogens is 423 g/mol. The standard InChI is InChI=1S/C21H20Cl2N6O/c1-2-27-21(20(24)30)11-29(12-21)17-10-26-18(13-3-5-14(22)6-4-13)19(28-17)15-7-8-25-9-16(15)23/h3-10,27H,2,11-12H2,1H3,(H2,24,30). The molecule has 1 saturated heterocycles. The van der Waals surface area contributed by atoms with E-state index in [1.54, 1.807) is 36.8 Å². The first kappa shape index (κ1) is 20.5. The fraction of sp³-hybridized carbons (Fsp3) is 0.238. The van der Waals surface area contributed by atoms with Crippen molar-refractivity contribution in [3.05, 3.63) is 59.0 Å². The molecule has 0 atom stereocenters. The molecule has 9 heteroatoms. The number of nitrogens with two attached hydrogens (primary N) is 1. The number of likely N-dealkylation sites (N-methyl/N-ethyl adjacent to an activating group) is 1. The minimum Gasteiger partial charge on any atom is -0.368 e. The maximum atomic E-state index is 11.9. The van der Waals surface area contributed by atoms with Crippen molar-refractivity contribution < 1.29 is 4.79 Å². The number of amides is 1. The van der Waals surface area contributed by atoms with E-state index >= 15 is 0 Å². The average Bonchev–Trinajstić information content (AvgIpc) is 2.71. The van der Waals surface area contributed by atoms with Gasteiger partial charge >= 0.3 is 0 Å². The molecule has 1 aliphatic rings. The van der Waals surface area contributed by atoms with E-state index in [0.29, 0.717) is 46.9 Å². The highest BCUT2D eigenvalue weighted by atomic mass is 35.5. The first-order valence-electron chi connectivity index (χ1n) is 9.46. The lowest BCUT2D eigenvalue weighted by Crippen LogP contribution is -2.75. The Hall–Kier alpha value is -2.74. The van der Waals surface area contributed by atoms with Crippen LogP contribution in [0.3, 0.4) is 0 Å². The lowest BCUT2D eigenvalue weighted by molar-refractivity contribution is -0.125. The molecule has 1 amide bonds. The topological polar surface area (TPSA) is 97.0 Å². The van der Waals surface area contributed by atoms with Crippen molar-refractivity contribution in [2.45, 2.75) is 12.5 Å². The lowest BCUT2D eigenvalue weighted by atomic mass is 9.89. The molecule has 1 aromatic carbocycles. The number of hydrogen-bond donors (Lipinski definition) is 2. The summed E-state index contributed by atoms with van der Waals surface area (Å²) in [4.78, 5) is 27.5. The number of rotatable bonds is 6. The number of nitrogens with zero attached hydrogens (tertiary/aromatic N) is 4. The summed E-state index contributed by atoms with van der Waals surface area (Å²) in [6.45, 7) is 3.44. The summed E-state index contributed by atoms with van der Waals surface area (Å²) in [6, 6.07) is 9.18. The molecule has 4 rings (SSSR count). The first-order valence-corrected chi connectivity index (χ1v) is 10.2. The SMILES string of the molecule is CCNC1(C(N)=O)CN(c2cnc(-c3ccc(Cl)cc3)c(-c3ccncc3Cl)n2)C1. The van der Waals surface area contributed by atoms with Gasteiger partial charge in [-0.3, -0.25) is 14.8 Å². The van der Waals surface area contributed by atoms with Gasteiger partial charge in [-0.05, 0) is 24.7 Å². The number of anilines is 1. The van der Waals surface area contributed by atoms with E-state index < -0.39 is 5.54 Å². The molecule has 7 nitrogen and oxygen atoms in total. The summed E-state index contributed by atoms with van der Waals surface area (Å²) in [7, 11) is 0. The molecule has 30 heavy (non-hydrogen) atoms. The molecule has 0 aliphatic carbocycles. The van der Waals surface area contributed by atoms with Crippen molar-refractivity contribution in [2.75, 3.05) is 24.5 Å². The lowest BCUT2D eigenvalue weighted by Gasteiger charge is -2.48. The number of aromatic nitrogens is 3. The number of benzene rings is 1. The maximum absolute atomic E-state index is 11.9. The van der Waals surface area contributed by atoms with Gasteiger partial charge in [0.05, 0.1) is 16.9 Å². The quantitative estimate of drug-likeness (QED) is 0.608. The van der Waals surface area contributed by atoms with Crippen molar-refractivity contribution in [1.82, 2.24) is 20.3 Å². The van der Waals surface area contributed by atoms with Gasteiger partial charge in [0.1, 0.15) is 17.1 Å². The number of hydrogen-bond acceptors (Lipinski definition) is 6. The van der Waals surface area contributed by atoms with Crippen LogP contribution in [0.4, 0.5) is 5.82 Å². The van der Waals surface area contributed by atoms with Crippen molar-refractivity contribution in [2.24, 2.45) is 5.73 Å². The number of carbonyl (C=O) groups is 1. The smallest absolute Gasteiger partial charge is 0.241 e. The van der Waals surface area contributed by atoms with Crippen molar-refractivity contribution >= 4 is 34.9 Å². The molecule has 0 unspecified atom stereocenters. The zero-order valence-corrected chi connectivity index (χ0v) is 17.8. The zero-order valence-electron chi connectivity index (χ0n) is 16.3. The molecule has 3 N–H and O–H groups in total. The summed E-state index contributed by atoms with van der Waals surface area (Å²) in [5.41, 5.74) is 7.75. The van der Waals surface area contributed by atoms with E-state index in [-0.39, 0.29) is 5.91 Å². The molecule has 0 radical (unpaired) electrons.